The van der Waals surface area contributed by atoms with Crippen LogP contribution in [0.25, 0.3) is 0 Å². The number of alkyl halides is 3. The lowest BCUT2D eigenvalue weighted by Crippen LogP contribution is -2.27. The Hall–Kier alpha value is -2.41. The van der Waals surface area contributed by atoms with Gasteiger partial charge in [0.05, 0.1) is 23.2 Å². The van der Waals surface area contributed by atoms with E-state index >= 15 is 0 Å². The normalized spacial score (nSPS) is 12.5. The van der Waals surface area contributed by atoms with Gasteiger partial charge in [-0.25, -0.2) is 0 Å². The number of rotatable bonds is 5. The lowest BCUT2D eigenvalue weighted by atomic mass is 10.0. The number of amides is 1. The van der Waals surface area contributed by atoms with Crippen molar-refractivity contribution in [2.24, 2.45) is 0 Å². The van der Waals surface area contributed by atoms with E-state index < -0.39 is 23.7 Å². The summed E-state index contributed by atoms with van der Waals surface area (Å²) < 4.78 is 43.7. The highest BCUT2D eigenvalue weighted by Gasteiger charge is 2.30. The van der Waals surface area contributed by atoms with Crippen LogP contribution in [0.15, 0.2) is 36.4 Å². The molecule has 0 saturated heterocycles. The average molecular weight is 388 g/mol. The second-order valence-corrected chi connectivity index (χ2v) is 5.96. The van der Waals surface area contributed by atoms with Gasteiger partial charge >= 0.3 is 6.18 Å². The zero-order valence-corrected chi connectivity index (χ0v) is 14.8. The summed E-state index contributed by atoms with van der Waals surface area (Å²) in [6.45, 7) is 3.53. The van der Waals surface area contributed by atoms with Crippen molar-refractivity contribution < 1.29 is 27.8 Å². The Morgan fingerprint density at radius 2 is 2.00 bits per heavy atom. The molecule has 1 atom stereocenters. The van der Waals surface area contributed by atoms with Crippen molar-refractivity contribution in [3.8, 4) is 11.5 Å². The third kappa shape index (κ3) is 4.60. The number of aromatic hydroxyl groups is 1. The highest BCUT2D eigenvalue weighted by molar-refractivity contribution is 6.32. The van der Waals surface area contributed by atoms with Crippen LogP contribution in [0.5, 0.6) is 11.5 Å². The first kappa shape index (κ1) is 19.9. The third-order valence-electron chi connectivity index (χ3n) is 3.65. The predicted molar refractivity (Wildman–Crippen MR) is 91.6 cm³/mol. The molecule has 0 spiro atoms. The molecule has 1 amide bonds. The summed E-state index contributed by atoms with van der Waals surface area (Å²) in [6.07, 6.45) is -4.46. The molecule has 0 heterocycles. The van der Waals surface area contributed by atoms with Gasteiger partial charge in [0.2, 0.25) is 0 Å². The molecule has 0 aliphatic carbocycles. The Kier molecular flexibility index (Phi) is 6.02. The van der Waals surface area contributed by atoms with Crippen molar-refractivity contribution >= 4 is 17.5 Å². The second kappa shape index (κ2) is 7.86. The maximum absolute atomic E-state index is 12.8. The van der Waals surface area contributed by atoms with Gasteiger partial charge in [0.25, 0.3) is 5.91 Å². The number of hydrogen-bond donors (Lipinski definition) is 2. The lowest BCUT2D eigenvalue weighted by Gasteiger charge is -2.17. The highest BCUT2D eigenvalue weighted by Crippen LogP contribution is 2.35. The first-order valence-electron chi connectivity index (χ1n) is 7.76. The van der Waals surface area contributed by atoms with Crippen molar-refractivity contribution in [3.63, 3.8) is 0 Å². The van der Waals surface area contributed by atoms with Crippen LogP contribution < -0.4 is 10.1 Å². The fourth-order valence-corrected chi connectivity index (χ4v) is 2.53. The maximum Gasteiger partial charge on any atom is 0.416 e. The van der Waals surface area contributed by atoms with Crippen LogP contribution in [0.4, 0.5) is 13.2 Å². The molecular formula is C18H17ClF3NO3. The Balaban J connectivity index is 2.22. The van der Waals surface area contributed by atoms with Gasteiger partial charge in [-0.15, -0.1) is 0 Å². The van der Waals surface area contributed by atoms with Crippen molar-refractivity contribution in [3.05, 3.63) is 58.1 Å². The van der Waals surface area contributed by atoms with Crippen molar-refractivity contribution in [2.45, 2.75) is 26.1 Å². The van der Waals surface area contributed by atoms with Crippen LogP contribution in [0, 0.1) is 0 Å². The third-order valence-corrected chi connectivity index (χ3v) is 3.94. The molecular weight excluding hydrogens is 371 g/mol. The van der Waals surface area contributed by atoms with Crippen molar-refractivity contribution in [1.29, 1.82) is 0 Å². The van der Waals surface area contributed by atoms with Gasteiger partial charge in [-0.05, 0) is 43.7 Å². The molecule has 0 aliphatic heterocycles. The predicted octanol–water partition coefficient (Wildman–Crippen LogP) is 4.95. The monoisotopic (exact) mass is 387 g/mol. The fraction of sp³-hybridized carbons (Fsp3) is 0.278. The van der Waals surface area contributed by atoms with E-state index in [1.54, 1.807) is 13.8 Å². The molecule has 0 aromatic heterocycles. The van der Waals surface area contributed by atoms with E-state index in [1.807, 2.05) is 0 Å². The smallest absolute Gasteiger partial charge is 0.416 e. The Labute approximate surface area is 153 Å². The Bertz CT molecular complexity index is 809. The summed E-state index contributed by atoms with van der Waals surface area (Å²) >= 11 is 5.89. The minimum Gasteiger partial charge on any atom is -0.503 e. The van der Waals surface area contributed by atoms with Crippen LogP contribution >= 0.6 is 11.6 Å². The standard InChI is InChI=1S/C18H17ClF3NO3/c1-3-26-15-9-12(8-14(19)16(15)24)17(25)23-10(2)11-5-4-6-13(7-11)18(20,21)22/h4-10,24H,3H2,1-2H3,(H,23,25). The van der Waals surface area contributed by atoms with Crippen LogP contribution in [-0.2, 0) is 6.18 Å². The minimum atomic E-state index is -4.46. The molecule has 0 saturated carbocycles. The van der Waals surface area contributed by atoms with Crippen LogP contribution in [0.3, 0.4) is 0 Å². The quantitative estimate of drug-likeness (QED) is 0.762. The zero-order chi connectivity index (χ0) is 19.5. The molecule has 2 N–H and O–H groups in total. The van der Waals surface area contributed by atoms with Gasteiger partial charge in [-0.3, -0.25) is 4.79 Å². The summed E-state index contributed by atoms with van der Waals surface area (Å²) in [5, 5.41) is 12.3. The number of hydrogen-bond acceptors (Lipinski definition) is 3. The largest absolute Gasteiger partial charge is 0.503 e. The summed E-state index contributed by atoms with van der Waals surface area (Å²) in [7, 11) is 0. The van der Waals surface area contributed by atoms with Crippen LogP contribution in [0.2, 0.25) is 5.02 Å². The average Bonchev–Trinajstić information content (AvgIpc) is 2.58. The molecule has 140 valence electrons. The number of benzene rings is 2. The number of carbonyl (C=O) groups excluding carboxylic acids is 1. The number of halogens is 4. The summed E-state index contributed by atoms with van der Waals surface area (Å²) in [5.74, 6) is -0.786. The Morgan fingerprint density at radius 1 is 1.31 bits per heavy atom. The summed E-state index contributed by atoms with van der Waals surface area (Å²) in [5.41, 5.74) is -0.361. The molecule has 0 aliphatic rings. The molecule has 26 heavy (non-hydrogen) atoms. The molecule has 1 unspecified atom stereocenters. The van der Waals surface area contributed by atoms with Gasteiger partial charge in [0.15, 0.2) is 11.5 Å². The maximum atomic E-state index is 12.8. The van der Waals surface area contributed by atoms with Gasteiger partial charge in [-0.2, -0.15) is 13.2 Å². The molecule has 0 bridgehead atoms. The van der Waals surface area contributed by atoms with Crippen molar-refractivity contribution in [1.82, 2.24) is 5.32 Å². The molecule has 4 nitrogen and oxygen atoms in total. The van der Waals surface area contributed by atoms with Gasteiger partial charge in [-0.1, -0.05) is 23.7 Å². The first-order chi connectivity index (χ1) is 12.1. The molecule has 8 heteroatoms. The van der Waals surface area contributed by atoms with Gasteiger partial charge in [0, 0.05) is 5.56 Å². The molecule has 0 fully saturated rings. The highest BCUT2D eigenvalue weighted by atomic mass is 35.5. The topological polar surface area (TPSA) is 58.6 Å². The van der Waals surface area contributed by atoms with E-state index in [4.69, 9.17) is 16.3 Å². The molecule has 2 aromatic carbocycles. The number of phenolic OH excluding ortho intramolecular Hbond substituents is 1. The van der Waals surface area contributed by atoms with E-state index in [1.165, 1.54) is 24.3 Å². The summed E-state index contributed by atoms with van der Waals surface area (Å²) in [6, 6.07) is 6.63. The fourth-order valence-electron chi connectivity index (χ4n) is 2.32. The van der Waals surface area contributed by atoms with E-state index in [9.17, 15) is 23.1 Å². The lowest BCUT2D eigenvalue weighted by molar-refractivity contribution is -0.137. The van der Waals surface area contributed by atoms with E-state index in [-0.39, 0.29) is 28.7 Å². The number of ether oxygens (including phenoxy) is 1. The molecule has 2 aromatic rings. The number of carbonyl (C=O) groups is 1. The van der Waals surface area contributed by atoms with Gasteiger partial charge < -0.3 is 15.2 Å². The SMILES string of the molecule is CCOc1cc(C(=O)NC(C)c2cccc(C(F)(F)F)c2)cc(Cl)c1O. The number of phenols is 1. The zero-order valence-electron chi connectivity index (χ0n) is 14.0. The van der Waals surface area contributed by atoms with E-state index in [2.05, 4.69) is 5.32 Å². The van der Waals surface area contributed by atoms with Gasteiger partial charge in [0.1, 0.15) is 0 Å². The van der Waals surface area contributed by atoms with E-state index in [0.29, 0.717) is 5.56 Å². The van der Waals surface area contributed by atoms with Crippen molar-refractivity contribution in [2.75, 3.05) is 6.61 Å². The minimum absolute atomic E-state index is 0.0527. The van der Waals surface area contributed by atoms with Crippen LogP contribution in [-0.4, -0.2) is 17.6 Å². The first-order valence-corrected chi connectivity index (χ1v) is 8.14. The Morgan fingerprint density at radius 3 is 2.62 bits per heavy atom. The molecule has 2 rings (SSSR count). The van der Waals surface area contributed by atoms with E-state index in [0.717, 1.165) is 12.1 Å². The second-order valence-electron chi connectivity index (χ2n) is 5.56. The number of nitrogens with one attached hydrogen (secondary N) is 1. The summed E-state index contributed by atoms with van der Waals surface area (Å²) in [4.78, 5) is 12.4. The van der Waals surface area contributed by atoms with Crippen LogP contribution in [0.1, 0.15) is 41.4 Å². The molecule has 0 radical (unpaired) electrons.